The molecular formula is C16H20F2N2O3. The Bertz CT molecular complexity index is 603. The summed E-state index contributed by atoms with van der Waals surface area (Å²) >= 11 is 0. The predicted molar refractivity (Wildman–Crippen MR) is 79.3 cm³/mol. The van der Waals surface area contributed by atoms with E-state index in [1.165, 1.54) is 19.9 Å². The predicted octanol–water partition coefficient (Wildman–Crippen LogP) is 1.42. The molecule has 1 aliphatic rings. The topological polar surface area (TPSA) is 78.4 Å². The van der Waals surface area contributed by atoms with Gasteiger partial charge >= 0.3 is 0 Å². The molecule has 23 heavy (non-hydrogen) atoms. The first kappa shape index (κ1) is 17.3. The van der Waals surface area contributed by atoms with Gasteiger partial charge in [-0.05, 0) is 32.8 Å². The molecule has 3 N–H and O–H groups in total. The number of hydrogen-bond donors (Lipinski definition) is 3. The lowest BCUT2D eigenvalue weighted by atomic mass is 10.1. The van der Waals surface area contributed by atoms with Crippen LogP contribution >= 0.6 is 0 Å². The second-order valence-electron chi connectivity index (χ2n) is 5.90. The molecule has 5 nitrogen and oxygen atoms in total. The summed E-state index contributed by atoms with van der Waals surface area (Å²) in [5.41, 5.74) is 0.123. The molecule has 0 spiro atoms. The van der Waals surface area contributed by atoms with Crippen LogP contribution in [-0.2, 0) is 9.59 Å². The number of aliphatic hydroxyl groups excluding tert-OH is 1. The average Bonchev–Trinajstić information content (AvgIpc) is 3.28. The Kier molecular flexibility index (Phi) is 5.30. The van der Waals surface area contributed by atoms with E-state index < -0.39 is 35.7 Å². The van der Waals surface area contributed by atoms with E-state index in [9.17, 15) is 23.5 Å². The molecule has 1 saturated carbocycles. The third-order valence-electron chi connectivity index (χ3n) is 3.80. The summed E-state index contributed by atoms with van der Waals surface area (Å²) in [6.45, 7) is 2.93. The van der Waals surface area contributed by atoms with E-state index in [4.69, 9.17) is 0 Å². The van der Waals surface area contributed by atoms with E-state index in [2.05, 4.69) is 10.6 Å². The Morgan fingerprint density at radius 1 is 1.22 bits per heavy atom. The van der Waals surface area contributed by atoms with Gasteiger partial charge < -0.3 is 15.7 Å². The average molecular weight is 326 g/mol. The van der Waals surface area contributed by atoms with Gasteiger partial charge in [-0.25, -0.2) is 8.78 Å². The van der Waals surface area contributed by atoms with Crippen molar-refractivity contribution in [3.05, 3.63) is 35.4 Å². The number of carbonyl (C=O) groups excluding carboxylic acids is 2. The van der Waals surface area contributed by atoms with Crippen molar-refractivity contribution in [3.8, 4) is 0 Å². The van der Waals surface area contributed by atoms with Gasteiger partial charge in [-0.15, -0.1) is 0 Å². The van der Waals surface area contributed by atoms with Crippen molar-refractivity contribution in [1.29, 1.82) is 0 Å². The molecule has 3 atom stereocenters. The molecule has 1 fully saturated rings. The Labute approximate surface area is 133 Å². The van der Waals surface area contributed by atoms with Crippen LogP contribution in [0.3, 0.4) is 0 Å². The van der Waals surface area contributed by atoms with Crippen molar-refractivity contribution in [2.24, 2.45) is 5.92 Å². The summed E-state index contributed by atoms with van der Waals surface area (Å²) in [6, 6.07) is 1.23. The van der Waals surface area contributed by atoms with Gasteiger partial charge in [0.05, 0.1) is 12.1 Å². The third-order valence-corrected chi connectivity index (χ3v) is 3.80. The number of amides is 2. The molecule has 0 aromatic heterocycles. The number of carbonyl (C=O) groups is 2. The summed E-state index contributed by atoms with van der Waals surface area (Å²) in [5, 5.41) is 14.7. The molecule has 126 valence electrons. The molecule has 1 aromatic rings. The summed E-state index contributed by atoms with van der Waals surface area (Å²) in [7, 11) is 0. The first-order chi connectivity index (χ1) is 10.8. The number of halogens is 2. The number of benzene rings is 1. The molecule has 0 aliphatic heterocycles. The van der Waals surface area contributed by atoms with E-state index in [1.54, 1.807) is 0 Å². The zero-order valence-electron chi connectivity index (χ0n) is 13.0. The van der Waals surface area contributed by atoms with E-state index >= 15 is 0 Å². The van der Waals surface area contributed by atoms with Gasteiger partial charge in [0, 0.05) is 17.5 Å². The lowest BCUT2D eigenvalue weighted by molar-refractivity contribution is -0.132. The molecule has 0 radical (unpaired) electrons. The monoisotopic (exact) mass is 326 g/mol. The van der Waals surface area contributed by atoms with Crippen molar-refractivity contribution in [3.63, 3.8) is 0 Å². The Hall–Kier alpha value is -2.02. The normalized spacial score (nSPS) is 18.0. The fourth-order valence-corrected chi connectivity index (χ4v) is 2.26. The van der Waals surface area contributed by atoms with Gasteiger partial charge in [0.15, 0.2) is 0 Å². The molecule has 7 heteroatoms. The highest BCUT2D eigenvalue weighted by molar-refractivity contribution is 5.89. The maximum Gasteiger partial charge on any atom is 0.245 e. The lowest BCUT2D eigenvalue weighted by Crippen LogP contribution is -2.53. The van der Waals surface area contributed by atoms with Crippen LogP contribution in [0.4, 0.5) is 8.78 Å². The molecule has 0 bridgehead atoms. The minimum atomic E-state index is -1.12. The Morgan fingerprint density at radius 2 is 1.87 bits per heavy atom. The van der Waals surface area contributed by atoms with Crippen LogP contribution < -0.4 is 10.6 Å². The van der Waals surface area contributed by atoms with Crippen LogP contribution in [0.2, 0.25) is 0 Å². The minimum Gasteiger partial charge on any atom is -0.391 e. The number of rotatable bonds is 6. The third kappa shape index (κ3) is 4.48. The summed E-state index contributed by atoms with van der Waals surface area (Å²) in [5.74, 6) is -2.47. The van der Waals surface area contributed by atoms with Gasteiger partial charge in [-0.2, -0.15) is 0 Å². The smallest absolute Gasteiger partial charge is 0.245 e. The zero-order chi connectivity index (χ0) is 17.1. The zero-order valence-corrected chi connectivity index (χ0v) is 13.0. The fraction of sp³-hybridized carbons (Fsp3) is 0.500. The highest BCUT2D eigenvalue weighted by Gasteiger charge is 2.34. The molecular weight excluding hydrogens is 306 g/mol. The fourth-order valence-electron chi connectivity index (χ4n) is 2.26. The molecule has 0 heterocycles. The van der Waals surface area contributed by atoms with Crippen molar-refractivity contribution in [2.45, 2.75) is 44.9 Å². The van der Waals surface area contributed by atoms with Gasteiger partial charge in [-0.3, -0.25) is 9.59 Å². The van der Waals surface area contributed by atoms with Crippen molar-refractivity contribution in [1.82, 2.24) is 10.6 Å². The summed E-state index contributed by atoms with van der Waals surface area (Å²) in [4.78, 5) is 24.0. The molecule has 1 aromatic carbocycles. The summed E-state index contributed by atoms with van der Waals surface area (Å²) < 4.78 is 26.6. The largest absolute Gasteiger partial charge is 0.391 e. The van der Waals surface area contributed by atoms with Crippen LogP contribution in [0.5, 0.6) is 0 Å². The molecule has 1 aliphatic carbocycles. The van der Waals surface area contributed by atoms with E-state index in [0.717, 1.165) is 25.0 Å². The first-order valence-electron chi connectivity index (χ1n) is 7.53. The number of nitrogens with one attached hydrogen (secondary N) is 2. The van der Waals surface area contributed by atoms with Crippen LogP contribution in [-0.4, -0.2) is 29.1 Å². The maximum absolute atomic E-state index is 13.7. The van der Waals surface area contributed by atoms with Gasteiger partial charge in [0.2, 0.25) is 11.8 Å². The van der Waals surface area contributed by atoms with E-state index in [0.29, 0.717) is 0 Å². The molecule has 0 saturated heterocycles. The lowest BCUT2D eigenvalue weighted by Gasteiger charge is -2.23. The SMILES string of the molecule is CC(NC(=O)C(NC(=O)C1CC1)C(C)O)c1ccc(F)cc1F. The van der Waals surface area contributed by atoms with Crippen LogP contribution in [0.25, 0.3) is 0 Å². The first-order valence-corrected chi connectivity index (χ1v) is 7.53. The second-order valence-corrected chi connectivity index (χ2v) is 5.90. The summed E-state index contributed by atoms with van der Waals surface area (Å²) in [6.07, 6.45) is 0.455. The van der Waals surface area contributed by atoms with E-state index in [1.807, 2.05) is 0 Å². The van der Waals surface area contributed by atoms with Crippen molar-refractivity contribution in [2.75, 3.05) is 0 Å². The maximum atomic E-state index is 13.7. The Balaban J connectivity index is 2.03. The minimum absolute atomic E-state index is 0.101. The Morgan fingerprint density at radius 3 is 2.39 bits per heavy atom. The molecule has 3 unspecified atom stereocenters. The highest BCUT2D eigenvalue weighted by atomic mass is 19.1. The van der Waals surface area contributed by atoms with Gasteiger partial charge in [0.1, 0.15) is 17.7 Å². The number of hydrogen-bond acceptors (Lipinski definition) is 3. The van der Waals surface area contributed by atoms with Crippen LogP contribution in [0.15, 0.2) is 18.2 Å². The van der Waals surface area contributed by atoms with Crippen molar-refractivity contribution >= 4 is 11.8 Å². The standard InChI is InChI=1S/C16H20F2N2O3/c1-8(12-6-5-11(17)7-13(12)18)19-16(23)14(9(2)21)20-15(22)10-3-4-10/h5-10,14,21H,3-4H2,1-2H3,(H,19,23)(H,20,22). The van der Waals surface area contributed by atoms with Crippen LogP contribution in [0.1, 0.15) is 38.3 Å². The second kappa shape index (κ2) is 7.04. The van der Waals surface area contributed by atoms with E-state index in [-0.39, 0.29) is 17.4 Å². The molecule has 2 rings (SSSR count). The molecule has 2 amide bonds. The van der Waals surface area contributed by atoms with Gasteiger partial charge in [0.25, 0.3) is 0 Å². The van der Waals surface area contributed by atoms with Gasteiger partial charge in [-0.1, -0.05) is 6.07 Å². The van der Waals surface area contributed by atoms with Crippen LogP contribution in [0, 0.1) is 17.6 Å². The quantitative estimate of drug-likeness (QED) is 0.740. The van der Waals surface area contributed by atoms with Crippen molar-refractivity contribution < 1.29 is 23.5 Å². The highest BCUT2D eigenvalue weighted by Crippen LogP contribution is 2.29. The number of aliphatic hydroxyl groups is 1.